The fourth-order valence-corrected chi connectivity index (χ4v) is 4.56. The maximum atomic E-state index is 12.3. The third kappa shape index (κ3) is 5.55. The van der Waals surface area contributed by atoms with Gasteiger partial charge in [-0.3, -0.25) is 4.90 Å². The number of carbonyl (C=O) groups excluding carboxylic acids is 1. The van der Waals surface area contributed by atoms with Gasteiger partial charge in [-0.05, 0) is 49.9 Å². The monoisotopic (exact) mass is 373 g/mol. The predicted octanol–water partition coefficient (Wildman–Crippen LogP) is 4.51. The van der Waals surface area contributed by atoms with E-state index in [-0.39, 0.29) is 11.5 Å². The van der Waals surface area contributed by atoms with Crippen LogP contribution in [0, 0.1) is 0 Å². The lowest BCUT2D eigenvalue weighted by Gasteiger charge is -2.41. The highest BCUT2D eigenvalue weighted by atomic mass is 16.5. The summed E-state index contributed by atoms with van der Waals surface area (Å²) in [6, 6.07) is 7.19. The Kier molecular flexibility index (Phi) is 7.27. The molecular formula is C22H31NO4. The van der Waals surface area contributed by atoms with Gasteiger partial charge in [0.05, 0.1) is 11.1 Å². The molecule has 0 atom stereocenters. The molecule has 1 aromatic rings. The highest BCUT2D eigenvalue weighted by Gasteiger charge is 2.28. The summed E-state index contributed by atoms with van der Waals surface area (Å²) in [7, 11) is 0. The molecule has 0 aromatic heterocycles. The average Bonchev–Trinajstić information content (AvgIpc) is 2.72. The minimum atomic E-state index is -0.995. The van der Waals surface area contributed by atoms with Crippen LogP contribution in [0.2, 0.25) is 0 Å². The van der Waals surface area contributed by atoms with E-state index >= 15 is 0 Å². The number of ether oxygens (including phenoxy) is 1. The van der Waals surface area contributed by atoms with Crippen LogP contribution in [0.25, 0.3) is 0 Å². The average molecular weight is 373 g/mol. The number of carboxylic acids is 1. The molecule has 5 heteroatoms. The molecule has 2 aliphatic rings. The van der Waals surface area contributed by atoms with Crippen molar-refractivity contribution in [3.63, 3.8) is 0 Å². The fraction of sp³-hybridized carbons (Fsp3) is 0.636. The van der Waals surface area contributed by atoms with Crippen LogP contribution in [0.3, 0.4) is 0 Å². The van der Waals surface area contributed by atoms with Crippen molar-refractivity contribution >= 4 is 11.9 Å². The van der Waals surface area contributed by atoms with E-state index in [0.717, 1.165) is 6.54 Å². The van der Waals surface area contributed by atoms with Crippen molar-refractivity contribution in [1.29, 1.82) is 0 Å². The summed E-state index contributed by atoms with van der Waals surface area (Å²) >= 11 is 0. The van der Waals surface area contributed by atoms with Gasteiger partial charge in [-0.25, -0.2) is 9.59 Å². The van der Waals surface area contributed by atoms with Gasteiger partial charge in [-0.2, -0.15) is 0 Å². The third-order valence-electron chi connectivity index (χ3n) is 6.04. The van der Waals surface area contributed by atoms with Crippen LogP contribution in [0.15, 0.2) is 24.3 Å². The second kappa shape index (κ2) is 9.88. The molecule has 0 spiro atoms. The van der Waals surface area contributed by atoms with E-state index in [1.807, 2.05) is 0 Å². The largest absolute Gasteiger partial charge is 0.478 e. The molecule has 2 saturated carbocycles. The SMILES string of the molecule is O=C(O)c1ccc(C(=O)OCCN(C2CCCCC2)C2CCCCC2)cc1. The lowest BCUT2D eigenvalue weighted by molar-refractivity contribution is 0.0291. The van der Waals surface area contributed by atoms with Crippen LogP contribution >= 0.6 is 0 Å². The van der Waals surface area contributed by atoms with Gasteiger partial charge in [-0.1, -0.05) is 38.5 Å². The van der Waals surface area contributed by atoms with Gasteiger partial charge >= 0.3 is 11.9 Å². The molecule has 1 N–H and O–H groups in total. The van der Waals surface area contributed by atoms with Crippen LogP contribution in [0.4, 0.5) is 0 Å². The molecule has 3 rings (SSSR count). The first kappa shape index (κ1) is 19.9. The smallest absolute Gasteiger partial charge is 0.338 e. The molecule has 0 bridgehead atoms. The number of hydrogen-bond acceptors (Lipinski definition) is 4. The number of benzene rings is 1. The van der Waals surface area contributed by atoms with E-state index in [1.54, 1.807) is 0 Å². The predicted molar refractivity (Wildman–Crippen MR) is 104 cm³/mol. The Balaban J connectivity index is 1.54. The summed E-state index contributed by atoms with van der Waals surface area (Å²) in [4.78, 5) is 25.8. The molecule has 0 aliphatic heterocycles. The molecule has 2 fully saturated rings. The number of carbonyl (C=O) groups is 2. The first-order valence-corrected chi connectivity index (χ1v) is 10.4. The zero-order chi connectivity index (χ0) is 19.1. The summed E-state index contributed by atoms with van der Waals surface area (Å²) in [5.74, 6) is -1.37. The van der Waals surface area contributed by atoms with Gasteiger partial charge in [0, 0.05) is 18.6 Å². The van der Waals surface area contributed by atoms with E-state index in [2.05, 4.69) is 4.90 Å². The molecule has 0 saturated heterocycles. The van der Waals surface area contributed by atoms with Crippen molar-refractivity contribution < 1.29 is 19.4 Å². The highest BCUT2D eigenvalue weighted by Crippen LogP contribution is 2.29. The van der Waals surface area contributed by atoms with Gasteiger partial charge in [-0.15, -0.1) is 0 Å². The van der Waals surface area contributed by atoms with Gasteiger partial charge in [0.15, 0.2) is 0 Å². The van der Waals surface area contributed by atoms with Gasteiger partial charge in [0.25, 0.3) is 0 Å². The number of aromatic carboxylic acids is 1. The molecule has 1 aromatic carbocycles. The van der Waals surface area contributed by atoms with E-state index in [4.69, 9.17) is 9.84 Å². The van der Waals surface area contributed by atoms with Crippen molar-refractivity contribution in [2.75, 3.05) is 13.2 Å². The summed E-state index contributed by atoms with van der Waals surface area (Å²) in [5.41, 5.74) is 0.578. The normalized spacial score (nSPS) is 19.1. The quantitative estimate of drug-likeness (QED) is 0.712. The van der Waals surface area contributed by atoms with Crippen LogP contribution in [0.5, 0.6) is 0 Å². The summed E-state index contributed by atoms with van der Waals surface area (Å²) in [6.45, 7) is 1.20. The minimum absolute atomic E-state index is 0.173. The molecule has 5 nitrogen and oxygen atoms in total. The summed E-state index contributed by atoms with van der Waals surface area (Å²) in [5, 5.41) is 8.94. The maximum absolute atomic E-state index is 12.3. The minimum Gasteiger partial charge on any atom is -0.478 e. The molecular weight excluding hydrogens is 342 g/mol. The van der Waals surface area contributed by atoms with E-state index in [1.165, 1.54) is 88.5 Å². The first-order valence-electron chi connectivity index (χ1n) is 10.4. The number of rotatable bonds is 7. The standard InChI is InChI=1S/C22H31NO4/c24-21(25)17-11-13-18(14-12-17)22(26)27-16-15-23(19-7-3-1-4-8-19)20-9-5-2-6-10-20/h11-14,19-20H,1-10,15-16H2,(H,24,25). The van der Waals surface area contributed by atoms with Crippen molar-refractivity contribution in [1.82, 2.24) is 4.90 Å². The maximum Gasteiger partial charge on any atom is 0.338 e. The number of hydrogen-bond donors (Lipinski definition) is 1. The highest BCUT2D eigenvalue weighted by molar-refractivity contribution is 5.92. The van der Waals surface area contributed by atoms with Crippen molar-refractivity contribution in [3.05, 3.63) is 35.4 Å². The van der Waals surface area contributed by atoms with E-state index in [9.17, 15) is 9.59 Å². The Hall–Kier alpha value is -1.88. The second-order valence-electron chi connectivity index (χ2n) is 7.84. The van der Waals surface area contributed by atoms with Crippen molar-refractivity contribution in [2.45, 2.75) is 76.3 Å². The zero-order valence-corrected chi connectivity index (χ0v) is 16.1. The van der Waals surface area contributed by atoms with Gasteiger partial charge in [0.1, 0.15) is 6.61 Å². The van der Waals surface area contributed by atoms with Crippen molar-refractivity contribution in [2.24, 2.45) is 0 Å². The number of esters is 1. The molecule has 0 heterocycles. The molecule has 0 unspecified atom stereocenters. The Morgan fingerprint density at radius 3 is 1.81 bits per heavy atom. The topological polar surface area (TPSA) is 66.8 Å². The lowest BCUT2D eigenvalue weighted by Crippen LogP contribution is -2.46. The van der Waals surface area contributed by atoms with Crippen LogP contribution < -0.4 is 0 Å². The molecule has 27 heavy (non-hydrogen) atoms. The zero-order valence-electron chi connectivity index (χ0n) is 16.1. The Morgan fingerprint density at radius 1 is 0.852 bits per heavy atom. The fourth-order valence-electron chi connectivity index (χ4n) is 4.56. The van der Waals surface area contributed by atoms with E-state index < -0.39 is 5.97 Å². The molecule has 0 amide bonds. The third-order valence-corrected chi connectivity index (χ3v) is 6.04. The summed E-state index contributed by atoms with van der Waals surface area (Å²) in [6.07, 6.45) is 13.0. The Morgan fingerprint density at radius 2 is 1.33 bits per heavy atom. The summed E-state index contributed by atoms with van der Waals surface area (Å²) < 4.78 is 5.51. The van der Waals surface area contributed by atoms with Crippen LogP contribution in [-0.4, -0.2) is 47.2 Å². The first-order chi connectivity index (χ1) is 13.1. The molecule has 148 valence electrons. The Labute approximate surface area is 161 Å². The van der Waals surface area contributed by atoms with Gasteiger partial charge in [0.2, 0.25) is 0 Å². The number of carboxylic acid groups (broad SMARTS) is 1. The van der Waals surface area contributed by atoms with Crippen molar-refractivity contribution in [3.8, 4) is 0 Å². The Bertz CT molecular complexity index is 598. The number of nitrogens with zero attached hydrogens (tertiary/aromatic N) is 1. The molecule has 2 aliphatic carbocycles. The van der Waals surface area contributed by atoms with Gasteiger partial charge < -0.3 is 9.84 Å². The van der Waals surface area contributed by atoms with E-state index in [0.29, 0.717) is 24.3 Å². The second-order valence-corrected chi connectivity index (χ2v) is 7.84. The van der Waals surface area contributed by atoms with Crippen LogP contribution in [0.1, 0.15) is 84.9 Å². The molecule has 0 radical (unpaired) electrons. The lowest BCUT2D eigenvalue weighted by atomic mass is 9.88. The van der Waals surface area contributed by atoms with Crippen LogP contribution in [-0.2, 0) is 4.74 Å².